The Balaban J connectivity index is 1.57. The fourth-order valence-corrected chi connectivity index (χ4v) is 2.72. The molecule has 0 aliphatic rings. The number of carbonyl (C=O) groups excluding carboxylic acids is 1. The summed E-state index contributed by atoms with van der Waals surface area (Å²) in [5.41, 5.74) is 2.35. The van der Waals surface area contributed by atoms with Crippen molar-refractivity contribution in [3.63, 3.8) is 0 Å². The highest BCUT2D eigenvalue weighted by molar-refractivity contribution is 5.94. The first-order valence-electron chi connectivity index (χ1n) is 9.80. The number of carbonyl (C=O) groups is 1. The second kappa shape index (κ2) is 10.9. The van der Waals surface area contributed by atoms with Gasteiger partial charge < -0.3 is 19.5 Å². The summed E-state index contributed by atoms with van der Waals surface area (Å²) in [6, 6.07) is 14.8. The van der Waals surface area contributed by atoms with E-state index >= 15 is 0 Å². The second-order valence-electron chi connectivity index (χ2n) is 6.42. The van der Waals surface area contributed by atoms with E-state index in [1.807, 2.05) is 31.2 Å². The van der Waals surface area contributed by atoms with E-state index in [1.165, 1.54) is 0 Å². The van der Waals surface area contributed by atoms with Crippen LogP contribution >= 0.6 is 0 Å². The molecule has 7 heteroatoms. The molecule has 1 N–H and O–H groups in total. The number of ether oxygens (including phenoxy) is 3. The molecule has 0 aliphatic carbocycles. The predicted molar refractivity (Wildman–Crippen MR) is 114 cm³/mol. The van der Waals surface area contributed by atoms with E-state index in [1.54, 1.807) is 43.8 Å². The summed E-state index contributed by atoms with van der Waals surface area (Å²) >= 11 is 0. The van der Waals surface area contributed by atoms with E-state index in [-0.39, 0.29) is 11.9 Å². The number of hydrogen-bond donors (Lipinski definition) is 1. The van der Waals surface area contributed by atoms with Crippen LogP contribution in [0.2, 0.25) is 0 Å². The van der Waals surface area contributed by atoms with Crippen LogP contribution in [0.3, 0.4) is 0 Å². The molecule has 0 bridgehead atoms. The molecule has 0 spiro atoms. The Morgan fingerprint density at radius 1 is 1.00 bits per heavy atom. The molecule has 3 rings (SSSR count). The Bertz CT molecular complexity index is 943. The van der Waals surface area contributed by atoms with Crippen LogP contribution in [0.1, 0.15) is 23.7 Å². The fourth-order valence-electron chi connectivity index (χ4n) is 2.72. The lowest BCUT2D eigenvalue weighted by Crippen LogP contribution is -2.25. The first kappa shape index (κ1) is 21.3. The van der Waals surface area contributed by atoms with Crippen LogP contribution in [0.5, 0.6) is 17.5 Å². The number of nitrogens with zero attached hydrogens (tertiary/aromatic N) is 2. The van der Waals surface area contributed by atoms with Gasteiger partial charge in [-0.3, -0.25) is 4.79 Å². The molecule has 1 aromatic heterocycles. The molecule has 3 aromatic rings. The van der Waals surface area contributed by atoms with Crippen LogP contribution in [0.25, 0.3) is 11.1 Å². The zero-order valence-electron chi connectivity index (χ0n) is 17.1. The number of benzene rings is 2. The summed E-state index contributed by atoms with van der Waals surface area (Å²) in [5, 5.41) is 2.89. The van der Waals surface area contributed by atoms with Gasteiger partial charge in [0.1, 0.15) is 11.5 Å². The molecule has 0 saturated carbocycles. The highest BCUT2D eigenvalue weighted by Crippen LogP contribution is 2.24. The molecule has 0 radical (unpaired) electrons. The zero-order chi connectivity index (χ0) is 21.2. The van der Waals surface area contributed by atoms with Crippen LogP contribution in [0.15, 0.2) is 60.9 Å². The van der Waals surface area contributed by atoms with Gasteiger partial charge in [0.05, 0.1) is 7.11 Å². The minimum absolute atomic E-state index is 0.101. The summed E-state index contributed by atoms with van der Waals surface area (Å²) < 4.78 is 16.1. The molecule has 0 atom stereocenters. The maximum atomic E-state index is 12.2. The van der Waals surface area contributed by atoms with Crippen molar-refractivity contribution in [1.29, 1.82) is 0 Å². The van der Waals surface area contributed by atoms with Crippen LogP contribution in [-0.2, 0) is 4.74 Å². The Kier molecular flexibility index (Phi) is 7.74. The van der Waals surface area contributed by atoms with E-state index in [4.69, 9.17) is 14.2 Å². The van der Waals surface area contributed by atoms with Gasteiger partial charge in [0.2, 0.25) is 0 Å². The van der Waals surface area contributed by atoms with Crippen molar-refractivity contribution in [3.05, 3.63) is 66.5 Å². The van der Waals surface area contributed by atoms with Gasteiger partial charge in [0.15, 0.2) is 0 Å². The van der Waals surface area contributed by atoms with Gasteiger partial charge in [0, 0.05) is 49.3 Å². The molecule has 7 nitrogen and oxygen atoms in total. The quantitative estimate of drug-likeness (QED) is 0.510. The lowest BCUT2D eigenvalue weighted by molar-refractivity contribution is 0.0944. The maximum Gasteiger partial charge on any atom is 0.321 e. The summed E-state index contributed by atoms with van der Waals surface area (Å²) in [4.78, 5) is 20.7. The molecule has 0 saturated heterocycles. The minimum atomic E-state index is -0.101. The fraction of sp³-hybridized carbons (Fsp3) is 0.261. The lowest BCUT2D eigenvalue weighted by atomic mass is 10.1. The van der Waals surface area contributed by atoms with Gasteiger partial charge in [0.25, 0.3) is 5.91 Å². The predicted octanol–water partition coefficient (Wildman–Crippen LogP) is 4.10. The molecule has 0 unspecified atom stereocenters. The normalized spacial score (nSPS) is 10.5. The molecule has 0 fully saturated rings. The van der Waals surface area contributed by atoms with Crippen molar-refractivity contribution in [1.82, 2.24) is 15.3 Å². The Morgan fingerprint density at radius 3 is 2.43 bits per heavy atom. The Morgan fingerprint density at radius 2 is 1.73 bits per heavy atom. The third-order valence-electron chi connectivity index (χ3n) is 4.31. The maximum absolute atomic E-state index is 12.2. The molecule has 30 heavy (non-hydrogen) atoms. The third kappa shape index (κ3) is 6.02. The SMILES string of the molecule is CCOCCCNC(=O)c1ccc(-c2cnc(Oc3cccc(OC)c3)nc2)cc1. The number of amides is 1. The van der Waals surface area contributed by atoms with Gasteiger partial charge in [-0.15, -0.1) is 0 Å². The molecule has 2 aromatic carbocycles. The third-order valence-corrected chi connectivity index (χ3v) is 4.31. The monoisotopic (exact) mass is 407 g/mol. The van der Waals surface area contributed by atoms with E-state index in [9.17, 15) is 4.79 Å². The van der Waals surface area contributed by atoms with Crippen molar-refractivity contribution in [2.45, 2.75) is 13.3 Å². The molecule has 1 amide bonds. The average Bonchev–Trinajstić information content (AvgIpc) is 2.79. The zero-order valence-corrected chi connectivity index (χ0v) is 17.1. The largest absolute Gasteiger partial charge is 0.497 e. The summed E-state index contributed by atoms with van der Waals surface area (Å²) in [5.74, 6) is 1.19. The molecular formula is C23H25N3O4. The standard InChI is InChI=1S/C23H25N3O4/c1-3-29-13-5-12-24-22(27)18-10-8-17(9-11-18)19-15-25-23(26-16-19)30-21-7-4-6-20(14-21)28-2/h4,6-11,14-16H,3,5,12-13H2,1-2H3,(H,24,27). The van der Waals surface area contributed by atoms with Gasteiger partial charge in [-0.05, 0) is 43.2 Å². The lowest BCUT2D eigenvalue weighted by Gasteiger charge is -2.08. The Labute approximate surface area is 176 Å². The first-order chi connectivity index (χ1) is 14.7. The smallest absolute Gasteiger partial charge is 0.321 e. The average molecular weight is 407 g/mol. The van der Waals surface area contributed by atoms with Gasteiger partial charge >= 0.3 is 6.01 Å². The van der Waals surface area contributed by atoms with Gasteiger partial charge in [-0.1, -0.05) is 18.2 Å². The summed E-state index contributed by atoms with van der Waals surface area (Å²) in [7, 11) is 1.60. The number of nitrogens with one attached hydrogen (secondary N) is 1. The second-order valence-corrected chi connectivity index (χ2v) is 6.42. The van der Waals surface area contributed by atoms with Crippen molar-refractivity contribution in [2.24, 2.45) is 0 Å². The molecule has 1 heterocycles. The number of hydrogen-bond acceptors (Lipinski definition) is 6. The highest BCUT2D eigenvalue weighted by Gasteiger charge is 2.07. The van der Waals surface area contributed by atoms with Crippen molar-refractivity contribution in [3.8, 4) is 28.6 Å². The number of methoxy groups -OCH3 is 1. The van der Waals surface area contributed by atoms with Crippen molar-refractivity contribution < 1.29 is 19.0 Å². The van der Waals surface area contributed by atoms with Gasteiger partial charge in [-0.25, -0.2) is 9.97 Å². The topological polar surface area (TPSA) is 82.6 Å². The van der Waals surface area contributed by atoms with E-state index in [2.05, 4.69) is 15.3 Å². The van der Waals surface area contributed by atoms with Crippen LogP contribution < -0.4 is 14.8 Å². The minimum Gasteiger partial charge on any atom is -0.497 e. The van der Waals surface area contributed by atoms with Gasteiger partial charge in [-0.2, -0.15) is 0 Å². The Hall–Kier alpha value is -3.45. The molecule has 156 valence electrons. The van der Waals surface area contributed by atoms with Crippen LogP contribution in [-0.4, -0.2) is 42.7 Å². The highest BCUT2D eigenvalue weighted by atomic mass is 16.5. The molecular weight excluding hydrogens is 382 g/mol. The first-order valence-corrected chi connectivity index (χ1v) is 9.80. The summed E-state index contributed by atoms with van der Waals surface area (Å²) in [6.45, 7) is 3.87. The number of rotatable bonds is 10. The van der Waals surface area contributed by atoms with E-state index in [0.717, 1.165) is 17.5 Å². The summed E-state index contributed by atoms with van der Waals surface area (Å²) in [6.07, 6.45) is 4.16. The van der Waals surface area contributed by atoms with Crippen molar-refractivity contribution in [2.75, 3.05) is 26.9 Å². The van der Waals surface area contributed by atoms with E-state index in [0.29, 0.717) is 36.8 Å². The number of aromatic nitrogens is 2. The van der Waals surface area contributed by atoms with Crippen molar-refractivity contribution >= 4 is 5.91 Å². The van der Waals surface area contributed by atoms with Crippen LogP contribution in [0.4, 0.5) is 0 Å². The van der Waals surface area contributed by atoms with Crippen LogP contribution in [0, 0.1) is 0 Å². The van der Waals surface area contributed by atoms with E-state index < -0.39 is 0 Å². The molecule has 0 aliphatic heterocycles.